The highest BCUT2D eigenvalue weighted by atomic mass is 32.2. The Morgan fingerprint density at radius 2 is 2.05 bits per heavy atom. The van der Waals surface area contributed by atoms with Crippen molar-refractivity contribution in [3.63, 3.8) is 0 Å². The summed E-state index contributed by atoms with van der Waals surface area (Å²) in [5.74, 6) is 0. The van der Waals surface area contributed by atoms with Gasteiger partial charge in [-0.15, -0.1) is 0 Å². The van der Waals surface area contributed by atoms with Gasteiger partial charge in [-0.2, -0.15) is 5.26 Å². The van der Waals surface area contributed by atoms with Gasteiger partial charge < -0.3 is 5.73 Å². The number of nitrogens with two attached hydrogens (primary N) is 1. The zero-order valence-electron chi connectivity index (χ0n) is 11.5. The van der Waals surface area contributed by atoms with Gasteiger partial charge in [0.2, 0.25) is 10.0 Å². The van der Waals surface area contributed by atoms with Crippen molar-refractivity contribution < 1.29 is 8.42 Å². The summed E-state index contributed by atoms with van der Waals surface area (Å²) in [6.45, 7) is 1.72. The summed E-state index contributed by atoms with van der Waals surface area (Å²) in [6, 6.07) is 6.27. The van der Waals surface area contributed by atoms with Crippen molar-refractivity contribution >= 4 is 10.0 Å². The Hall–Kier alpha value is -1.42. The van der Waals surface area contributed by atoms with E-state index in [-0.39, 0.29) is 17.0 Å². The third-order valence-electron chi connectivity index (χ3n) is 3.73. The largest absolute Gasteiger partial charge is 0.326 e. The average molecular weight is 293 g/mol. The van der Waals surface area contributed by atoms with E-state index >= 15 is 0 Å². The van der Waals surface area contributed by atoms with Gasteiger partial charge in [-0.25, -0.2) is 13.1 Å². The number of nitrogens with zero attached hydrogens (tertiary/aromatic N) is 1. The van der Waals surface area contributed by atoms with Crippen LogP contribution in [0.3, 0.4) is 0 Å². The maximum atomic E-state index is 12.5. The lowest BCUT2D eigenvalue weighted by atomic mass is 9.92. The van der Waals surface area contributed by atoms with Crippen LogP contribution in [0.1, 0.15) is 36.8 Å². The van der Waals surface area contributed by atoms with Crippen LogP contribution >= 0.6 is 0 Å². The first-order chi connectivity index (χ1) is 9.44. The molecular formula is C14H19N3O2S. The third kappa shape index (κ3) is 3.18. The molecular weight excluding hydrogens is 274 g/mol. The van der Waals surface area contributed by atoms with E-state index in [1.807, 2.05) is 6.07 Å². The molecule has 108 valence electrons. The quantitative estimate of drug-likeness (QED) is 0.880. The molecule has 1 fully saturated rings. The first kappa shape index (κ1) is 15.0. The average Bonchev–Trinajstić information content (AvgIpc) is 2.41. The first-order valence-corrected chi connectivity index (χ1v) is 8.21. The summed E-state index contributed by atoms with van der Waals surface area (Å²) in [7, 11) is -3.64. The molecule has 6 heteroatoms. The molecule has 0 amide bonds. The van der Waals surface area contributed by atoms with E-state index in [0.717, 1.165) is 25.7 Å². The molecule has 1 aliphatic carbocycles. The van der Waals surface area contributed by atoms with Gasteiger partial charge in [-0.05, 0) is 37.5 Å². The maximum Gasteiger partial charge on any atom is 0.241 e. The van der Waals surface area contributed by atoms with Crippen LogP contribution in [0.4, 0.5) is 0 Å². The van der Waals surface area contributed by atoms with E-state index in [0.29, 0.717) is 11.1 Å². The molecule has 1 saturated carbocycles. The van der Waals surface area contributed by atoms with Crippen molar-refractivity contribution in [3.05, 3.63) is 29.3 Å². The Morgan fingerprint density at radius 3 is 2.70 bits per heavy atom. The summed E-state index contributed by atoms with van der Waals surface area (Å²) in [6.07, 6.45) is 3.63. The van der Waals surface area contributed by atoms with Gasteiger partial charge in [-0.3, -0.25) is 0 Å². The molecule has 5 nitrogen and oxygen atoms in total. The van der Waals surface area contributed by atoms with Gasteiger partial charge in [0, 0.05) is 12.1 Å². The zero-order chi connectivity index (χ0) is 14.8. The second kappa shape index (κ2) is 5.92. The summed E-state index contributed by atoms with van der Waals surface area (Å²) >= 11 is 0. The fraction of sp³-hybridized carbons (Fsp3) is 0.500. The van der Waals surface area contributed by atoms with E-state index in [1.54, 1.807) is 19.1 Å². The Labute approximate surface area is 119 Å². The Bertz CT molecular complexity index is 634. The molecule has 0 saturated heterocycles. The summed E-state index contributed by atoms with van der Waals surface area (Å²) in [5, 5.41) is 8.90. The van der Waals surface area contributed by atoms with E-state index < -0.39 is 10.0 Å². The molecule has 0 bridgehead atoms. The molecule has 1 aliphatic rings. The van der Waals surface area contributed by atoms with Crippen molar-refractivity contribution in [2.24, 2.45) is 5.73 Å². The highest BCUT2D eigenvalue weighted by Crippen LogP contribution is 2.21. The number of hydrogen-bond acceptors (Lipinski definition) is 4. The predicted molar refractivity (Wildman–Crippen MR) is 76.4 cm³/mol. The minimum atomic E-state index is -3.64. The molecule has 2 atom stereocenters. The standard InChI is InChI=1S/C14H19N3O2S/c1-10-6-7-11(9-15)8-14(10)20(18,19)17-13-5-3-2-4-12(13)16/h6-8,12-13,17H,2-5,16H2,1H3/t12-,13-/m1/s1. The third-order valence-corrected chi connectivity index (χ3v) is 5.36. The van der Waals surface area contributed by atoms with Crippen LogP contribution in [-0.4, -0.2) is 20.5 Å². The molecule has 0 heterocycles. The fourth-order valence-corrected chi connectivity index (χ4v) is 4.12. The molecule has 0 unspecified atom stereocenters. The first-order valence-electron chi connectivity index (χ1n) is 6.73. The lowest BCUT2D eigenvalue weighted by Gasteiger charge is -2.29. The molecule has 1 aromatic rings. The van der Waals surface area contributed by atoms with Crippen LogP contribution in [0.25, 0.3) is 0 Å². The van der Waals surface area contributed by atoms with Crippen LogP contribution in [0.15, 0.2) is 23.1 Å². The smallest absolute Gasteiger partial charge is 0.241 e. The molecule has 1 aromatic carbocycles. The molecule has 2 rings (SSSR count). The van der Waals surface area contributed by atoms with Gasteiger partial charge in [0.25, 0.3) is 0 Å². The lowest BCUT2D eigenvalue weighted by molar-refractivity contribution is 0.361. The monoisotopic (exact) mass is 293 g/mol. The SMILES string of the molecule is Cc1ccc(C#N)cc1S(=O)(=O)N[C@@H]1CCCC[C@H]1N. The van der Waals surface area contributed by atoms with Crippen LogP contribution < -0.4 is 10.5 Å². The predicted octanol–water partition coefficient (Wildman–Crippen LogP) is 1.41. The topological polar surface area (TPSA) is 96.0 Å². The number of nitrogens with one attached hydrogen (secondary N) is 1. The second-order valence-electron chi connectivity index (χ2n) is 5.27. The minimum Gasteiger partial charge on any atom is -0.326 e. The summed E-state index contributed by atoms with van der Waals surface area (Å²) in [4.78, 5) is 0.161. The molecule has 20 heavy (non-hydrogen) atoms. The molecule has 3 N–H and O–H groups in total. The van der Waals surface area contributed by atoms with Crippen LogP contribution in [0.2, 0.25) is 0 Å². The normalized spacial score (nSPS) is 23.2. The van der Waals surface area contributed by atoms with Gasteiger partial charge in [0.15, 0.2) is 0 Å². The van der Waals surface area contributed by atoms with Crippen molar-refractivity contribution in [2.45, 2.75) is 49.6 Å². The highest BCUT2D eigenvalue weighted by molar-refractivity contribution is 7.89. The van der Waals surface area contributed by atoms with Gasteiger partial charge in [-0.1, -0.05) is 18.9 Å². The van der Waals surface area contributed by atoms with E-state index in [9.17, 15) is 8.42 Å². The van der Waals surface area contributed by atoms with Gasteiger partial charge in [0.05, 0.1) is 16.5 Å². The van der Waals surface area contributed by atoms with Crippen molar-refractivity contribution in [2.75, 3.05) is 0 Å². The summed E-state index contributed by atoms with van der Waals surface area (Å²) < 4.78 is 27.6. The van der Waals surface area contributed by atoms with Gasteiger partial charge in [0.1, 0.15) is 0 Å². The maximum absolute atomic E-state index is 12.5. The van der Waals surface area contributed by atoms with Crippen molar-refractivity contribution in [1.82, 2.24) is 4.72 Å². The van der Waals surface area contributed by atoms with Crippen LogP contribution in [-0.2, 0) is 10.0 Å². The number of nitriles is 1. The van der Waals surface area contributed by atoms with E-state index in [1.165, 1.54) is 6.07 Å². The number of sulfonamides is 1. The highest BCUT2D eigenvalue weighted by Gasteiger charge is 2.28. The van der Waals surface area contributed by atoms with Crippen molar-refractivity contribution in [1.29, 1.82) is 5.26 Å². The van der Waals surface area contributed by atoms with E-state index in [4.69, 9.17) is 11.0 Å². The Kier molecular flexibility index (Phi) is 4.43. The van der Waals surface area contributed by atoms with Crippen LogP contribution in [0.5, 0.6) is 0 Å². The Balaban J connectivity index is 2.28. The van der Waals surface area contributed by atoms with Crippen molar-refractivity contribution in [3.8, 4) is 6.07 Å². The number of rotatable bonds is 3. The lowest BCUT2D eigenvalue weighted by Crippen LogP contribution is -2.49. The fourth-order valence-electron chi connectivity index (χ4n) is 2.53. The Morgan fingerprint density at radius 1 is 1.35 bits per heavy atom. The molecule has 0 aromatic heterocycles. The van der Waals surface area contributed by atoms with Crippen LogP contribution in [0, 0.1) is 18.3 Å². The summed E-state index contributed by atoms with van der Waals surface area (Å²) in [5.41, 5.74) is 6.94. The zero-order valence-corrected chi connectivity index (χ0v) is 12.3. The number of hydrogen-bond donors (Lipinski definition) is 2. The molecule has 0 radical (unpaired) electrons. The molecule has 0 aliphatic heterocycles. The second-order valence-corrected chi connectivity index (χ2v) is 6.95. The number of benzene rings is 1. The number of aryl methyl sites for hydroxylation is 1. The van der Waals surface area contributed by atoms with Gasteiger partial charge >= 0.3 is 0 Å². The van der Waals surface area contributed by atoms with E-state index in [2.05, 4.69) is 4.72 Å². The minimum absolute atomic E-state index is 0.141. The molecule has 0 spiro atoms.